The lowest BCUT2D eigenvalue weighted by Gasteiger charge is -2.15. The number of carbonyl (C=O) groups excluding carboxylic acids is 1. The van der Waals surface area contributed by atoms with Gasteiger partial charge in [-0.3, -0.25) is 4.79 Å². The molecule has 1 rings (SSSR count). The Bertz CT molecular complexity index is 471. The number of halogens is 7. The van der Waals surface area contributed by atoms with E-state index in [0.29, 0.717) is 0 Å². The van der Waals surface area contributed by atoms with Crippen LogP contribution in [0.15, 0.2) is 22.7 Å². The van der Waals surface area contributed by atoms with Crippen LogP contribution in [0, 0.1) is 0 Å². The molecule has 0 aliphatic heterocycles. The molecule has 1 aromatic rings. The average Bonchev–Trinajstić information content (AvgIpc) is 2.12. The van der Waals surface area contributed by atoms with E-state index in [0.717, 1.165) is 12.1 Å². The summed E-state index contributed by atoms with van der Waals surface area (Å²) in [6.45, 7) is 0. The maximum absolute atomic E-state index is 12.2. The lowest BCUT2D eigenvalue weighted by atomic mass is 10.1. The Balaban J connectivity index is 3.24. The molecule has 0 radical (unpaired) electrons. The van der Waals surface area contributed by atoms with Crippen molar-refractivity contribution in [2.75, 3.05) is 0 Å². The van der Waals surface area contributed by atoms with E-state index in [4.69, 9.17) is 34.8 Å². The molecule has 0 unspecified atom stereocenters. The van der Waals surface area contributed by atoms with Crippen molar-refractivity contribution >= 4 is 56.5 Å². The molecule has 0 aromatic heterocycles. The third-order valence-electron chi connectivity index (χ3n) is 1.67. The molecule has 18 heavy (non-hydrogen) atoms. The Hall–Kier alpha value is -0.170. The fourth-order valence-electron chi connectivity index (χ4n) is 1.05. The summed E-state index contributed by atoms with van der Waals surface area (Å²) in [4.78, 5) is 11.6. The predicted octanol–water partition coefficient (Wildman–Crippen LogP) is 4.90. The van der Waals surface area contributed by atoms with Crippen LogP contribution in [0.25, 0.3) is 0 Å². The Morgan fingerprint density at radius 2 is 1.78 bits per heavy atom. The minimum absolute atomic E-state index is 0.280. The van der Waals surface area contributed by atoms with Gasteiger partial charge in [0.15, 0.2) is 0 Å². The largest absolute Gasteiger partial charge is 0.573 e. The lowest BCUT2D eigenvalue weighted by molar-refractivity contribution is -0.274. The number of rotatable bonds is 2. The molecule has 1 aromatic carbocycles. The molecule has 0 N–H and O–H groups in total. The molecule has 0 heterocycles. The van der Waals surface area contributed by atoms with Crippen LogP contribution in [0.5, 0.6) is 5.75 Å². The average molecular weight is 386 g/mol. The summed E-state index contributed by atoms with van der Waals surface area (Å²) in [7, 11) is 0. The van der Waals surface area contributed by atoms with Crippen LogP contribution in [0.1, 0.15) is 10.4 Å². The van der Waals surface area contributed by atoms with Crippen LogP contribution in [-0.2, 0) is 0 Å². The Morgan fingerprint density at radius 3 is 2.22 bits per heavy atom. The molecule has 0 bridgehead atoms. The summed E-state index contributed by atoms with van der Waals surface area (Å²) in [5.74, 6) is -1.85. The number of hydrogen-bond acceptors (Lipinski definition) is 2. The molecule has 0 aliphatic carbocycles. The van der Waals surface area contributed by atoms with E-state index in [1.807, 2.05) is 0 Å². The van der Waals surface area contributed by atoms with Gasteiger partial charge in [-0.2, -0.15) is 0 Å². The second kappa shape index (κ2) is 5.45. The highest BCUT2D eigenvalue weighted by Crippen LogP contribution is 2.36. The van der Waals surface area contributed by atoms with Crippen LogP contribution in [-0.4, -0.2) is 15.9 Å². The van der Waals surface area contributed by atoms with Crippen LogP contribution >= 0.6 is 50.7 Å². The molecule has 0 amide bonds. The van der Waals surface area contributed by atoms with Crippen LogP contribution < -0.4 is 4.74 Å². The second-order valence-electron chi connectivity index (χ2n) is 3.02. The predicted molar refractivity (Wildman–Crippen MR) is 65.4 cm³/mol. The lowest BCUT2D eigenvalue weighted by Crippen LogP contribution is -2.23. The van der Waals surface area contributed by atoms with Gasteiger partial charge in [-0.15, -0.1) is 13.2 Å². The smallest absolute Gasteiger partial charge is 0.405 e. The van der Waals surface area contributed by atoms with Crippen molar-refractivity contribution in [2.45, 2.75) is 10.2 Å². The van der Waals surface area contributed by atoms with Gasteiger partial charge in [0, 0.05) is 4.47 Å². The highest BCUT2D eigenvalue weighted by atomic mass is 79.9. The minimum Gasteiger partial charge on any atom is -0.405 e. The number of alkyl halides is 6. The van der Waals surface area contributed by atoms with Gasteiger partial charge in [0.25, 0.3) is 3.79 Å². The van der Waals surface area contributed by atoms with E-state index in [9.17, 15) is 18.0 Å². The topological polar surface area (TPSA) is 26.3 Å². The highest BCUT2D eigenvalue weighted by molar-refractivity contribution is 9.10. The van der Waals surface area contributed by atoms with Gasteiger partial charge in [0.1, 0.15) is 5.75 Å². The molecule has 2 nitrogen and oxygen atoms in total. The Morgan fingerprint density at radius 1 is 1.22 bits per heavy atom. The molecule has 0 saturated heterocycles. The number of Topliss-reactive ketones (excluding diaryl/α,β-unsaturated/α-hetero) is 1. The molecule has 0 spiro atoms. The van der Waals surface area contributed by atoms with Crippen LogP contribution in [0.4, 0.5) is 13.2 Å². The van der Waals surface area contributed by atoms with Crippen molar-refractivity contribution in [2.24, 2.45) is 0 Å². The van der Waals surface area contributed by atoms with Gasteiger partial charge in [-0.25, -0.2) is 0 Å². The maximum atomic E-state index is 12.2. The number of ketones is 1. The number of benzene rings is 1. The molecule has 9 heteroatoms. The van der Waals surface area contributed by atoms with Crippen LogP contribution in [0.3, 0.4) is 0 Å². The van der Waals surface area contributed by atoms with Gasteiger partial charge >= 0.3 is 6.36 Å². The van der Waals surface area contributed by atoms with E-state index in [-0.39, 0.29) is 4.47 Å². The minimum atomic E-state index is -4.95. The molecule has 0 fully saturated rings. The first-order valence-electron chi connectivity index (χ1n) is 4.17. The summed E-state index contributed by atoms with van der Waals surface area (Å²) in [6, 6.07) is 3.35. The molecule has 100 valence electrons. The first-order valence-corrected chi connectivity index (χ1v) is 6.10. The maximum Gasteiger partial charge on any atom is 0.573 e. The van der Waals surface area contributed by atoms with Gasteiger partial charge < -0.3 is 4.74 Å². The summed E-state index contributed by atoms with van der Waals surface area (Å²) in [6.07, 6.45) is -4.95. The number of ether oxygens (including phenoxy) is 1. The summed E-state index contributed by atoms with van der Waals surface area (Å²) < 4.78 is 38.1. The first-order chi connectivity index (χ1) is 8.00. The number of hydrogen-bond donors (Lipinski definition) is 0. The van der Waals surface area contributed by atoms with E-state index in [1.165, 1.54) is 6.07 Å². The third kappa shape index (κ3) is 4.50. The zero-order valence-corrected chi connectivity index (χ0v) is 12.0. The van der Waals surface area contributed by atoms with Crippen molar-refractivity contribution in [3.8, 4) is 5.75 Å². The fraction of sp³-hybridized carbons (Fsp3) is 0.222. The second-order valence-corrected chi connectivity index (χ2v) is 6.21. The summed E-state index contributed by atoms with van der Waals surface area (Å²) in [5, 5.41) is 0. The van der Waals surface area contributed by atoms with E-state index in [2.05, 4.69) is 20.7 Å². The zero-order chi connectivity index (χ0) is 14.1. The molecule has 0 aliphatic rings. The Kier molecular flexibility index (Phi) is 4.81. The Labute approximate surface area is 123 Å². The van der Waals surface area contributed by atoms with E-state index in [1.54, 1.807) is 0 Å². The molecule has 0 atom stereocenters. The van der Waals surface area contributed by atoms with Gasteiger partial charge in [0.2, 0.25) is 5.78 Å². The van der Waals surface area contributed by atoms with Crippen molar-refractivity contribution in [1.29, 1.82) is 0 Å². The van der Waals surface area contributed by atoms with Crippen molar-refractivity contribution in [3.63, 3.8) is 0 Å². The summed E-state index contributed by atoms with van der Waals surface area (Å²) in [5.41, 5.74) is -0.476. The molecular weight excluding hydrogens is 383 g/mol. The molecular formula is C9H3BrCl3F3O2. The van der Waals surface area contributed by atoms with Gasteiger partial charge in [-0.05, 0) is 18.2 Å². The van der Waals surface area contributed by atoms with E-state index >= 15 is 0 Å². The quantitative estimate of drug-likeness (QED) is 0.534. The van der Waals surface area contributed by atoms with Crippen LogP contribution in [0.2, 0.25) is 0 Å². The first kappa shape index (κ1) is 15.9. The highest BCUT2D eigenvalue weighted by Gasteiger charge is 2.37. The SMILES string of the molecule is O=C(c1ccc(Br)cc1OC(F)(F)F)C(Cl)(Cl)Cl. The fourth-order valence-corrected chi connectivity index (χ4v) is 1.69. The van der Waals surface area contributed by atoms with Crippen molar-refractivity contribution in [1.82, 2.24) is 0 Å². The monoisotopic (exact) mass is 384 g/mol. The normalized spacial score (nSPS) is 12.4. The summed E-state index contributed by atoms with van der Waals surface area (Å²) >= 11 is 18.9. The van der Waals surface area contributed by atoms with Gasteiger partial charge in [0.05, 0.1) is 5.56 Å². The van der Waals surface area contributed by atoms with E-state index < -0.39 is 27.3 Å². The third-order valence-corrected chi connectivity index (χ3v) is 2.68. The zero-order valence-electron chi connectivity index (χ0n) is 8.19. The molecule has 0 saturated carbocycles. The van der Waals surface area contributed by atoms with Crippen molar-refractivity contribution < 1.29 is 22.7 Å². The number of carbonyl (C=O) groups is 1. The van der Waals surface area contributed by atoms with Gasteiger partial charge in [-0.1, -0.05) is 50.7 Å². The van der Waals surface area contributed by atoms with Crippen molar-refractivity contribution in [3.05, 3.63) is 28.2 Å². The standard InChI is InChI=1S/C9H3BrCl3F3O2/c10-4-1-2-5(7(17)8(11,12)13)6(3-4)18-9(14,15)16/h1-3H.